The van der Waals surface area contributed by atoms with Gasteiger partial charge in [0.25, 0.3) is 0 Å². The molecule has 5 heteroatoms. The first-order valence-electron chi connectivity index (χ1n) is 7.86. The Labute approximate surface area is 146 Å². The lowest BCUT2D eigenvalue weighted by Gasteiger charge is -2.14. The SMILES string of the molecule is COC(=O)C#CCNC(=O)OCC1c2ccccc2-c2ccccc21. The smallest absolute Gasteiger partial charge is 0.407 e. The molecule has 0 bridgehead atoms. The van der Waals surface area contributed by atoms with E-state index in [1.54, 1.807) is 0 Å². The van der Waals surface area contributed by atoms with Crippen molar-refractivity contribution in [3.63, 3.8) is 0 Å². The fourth-order valence-corrected chi connectivity index (χ4v) is 2.93. The largest absolute Gasteiger partial charge is 0.459 e. The summed E-state index contributed by atoms with van der Waals surface area (Å²) < 4.78 is 9.72. The molecule has 126 valence electrons. The summed E-state index contributed by atoms with van der Waals surface area (Å²) in [4.78, 5) is 22.7. The summed E-state index contributed by atoms with van der Waals surface area (Å²) in [6, 6.07) is 16.3. The average Bonchev–Trinajstić information content (AvgIpc) is 2.97. The minimum absolute atomic E-state index is 0.0132. The van der Waals surface area contributed by atoms with Gasteiger partial charge < -0.3 is 14.8 Å². The van der Waals surface area contributed by atoms with E-state index in [2.05, 4.69) is 46.2 Å². The minimum atomic E-state index is -0.644. The molecule has 0 unspecified atom stereocenters. The molecular formula is C20H17NO4. The highest BCUT2D eigenvalue weighted by molar-refractivity contribution is 5.88. The van der Waals surface area contributed by atoms with Crippen LogP contribution >= 0.6 is 0 Å². The molecule has 1 aliphatic carbocycles. The average molecular weight is 335 g/mol. The van der Waals surface area contributed by atoms with Gasteiger partial charge in [-0.25, -0.2) is 9.59 Å². The van der Waals surface area contributed by atoms with E-state index in [-0.39, 0.29) is 19.1 Å². The van der Waals surface area contributed by atoms with Crippen LogP contribution < -0.4 is 5.32 Å². The van der Waals surface area contributed by atoms with Crippen molar-refractivity contribution in [2.45, 2.75) is 5.92 Å². The normalized spacial score (nSPS) is 11.6. The summed E-state index contributed by atoms with van der Waals surface area (Å²) in [7, 11) is 1.25. The molecule has 0 aliphatic heterocycles. The van der Waals surface area contributed by atoms with Gasteiger partial charge in [-0.05, 0) is 22.3 Å². The highest BCUT2D eigenvalue weighted by Crippen LogP contribution is 2.44. The van der Waals surface area contributed by atoms with Crippen molar-refractivity contribution < 1.29 is 19.1 Å². The standard InChI is InChI=1S/C20H17NO4/c1-24-19(22)11-6-12-21-20(23)25-13-18-16-9-4-2-7-14(16)15-8-3-5-10-17(15)18/h2-5,7-10,18H,12-13H2,1H3,(H,21,23). The molecule has 1 aliphatic rings. The highest BCUT2D eigenvalue weighted by Gasteiger charge is 2.28. The maximum atomic E-state index is 11.8. The predicted octanol–water partition coefficient (Wildman–Crippen LogP) is 2.70. The number of rotatable bonds is 3. The number of amides is 1. The number of carbonyl (C=O) groups excluding carboxylic acids is 2. The summed E-state index contributed by atoms with van der Waals surface area (Å²) in [5.41, 5.74) is 4.66. The molecule has 1 amide bonds. The van der Waals surface area contributed by atoms with Gasteiger partial charge in [0.1, 0.15) is 6.61 Å². The number of fused-ring (bicyclic) bond motifs is 3. The molecule has 0 fully saturated rings. The van der Waals surface area contributed by atoms with Crippen molar-refractivity contribution in [3.8, 4) is 23.0 Å². The number of esters is 1. The fourth-order valence-electron chi connectivity index (χ4n) is 2.93. The van der Waals surface area contributed by atoms with Gasteiger partial charge in [-0.15, -0.1) is 0 Å². The van der Waals surface area contributed by atoms with E-state index in [1.165, 1.54) is 18.2 Å². The topological polar surface area (TPSA) is 64.6 Å². The van der Waals surface area contributed by atoms with Crippen LogP contribution in [-0.2, 0) is 14.3 Å². The Morgan fingerprint density at radius 3 is 2.24 bits per heavy atom. The van der Waals surface area contributed by atoms with Crippen molar-refractivity contribution in [1.29, 1.82) is 0 Å². The molecule has 0 spiro atoms. The van der Waals surface area contributed by atoms with Crippen LogP contribution in [0.2, 0.25) is 0 Å². The summed E-state index contributed by atoms with van der Waals surface area (Å²) >= 11 is 0. The third kappa shape index (κ3) is 3.64. The van der Waals surface area contributed by atoms with E-state index in [9.17, 15) is 9.59 Å². The number of carbonyl (C=O) groups is 2. The van der Waals surface area contributed by atoms with Crippen LogP contribution in [0.5, 0.6) is 0 Å². The van der Waals surface area contributed by atoms with Crippen molar-refractivity contribution >= 4 is 12.1 Å². The van der Waals surface area contributed by atoms with Crippen molar-refractivity contribution in [3.05, 3.63) is 59.7 Å². The van der Waals surface area contributed by atoms with Crippen LogP contribution in [-0.4, -0.2) is 32.3 Å². The fraction of sp³-hybridized carbons (Fsp3) is 0.200. The predicted molar refractivity (Wildman–Crippen MR) is 92.9 cm³/mol. The molecule has 0 saturated heterocycles. The molecule has 1 N–H and O–H groups in total. The van der Waals surface area contributed by atoms with E-state index in [4.69, 9.17) is 4.74 Å². The van der Waals surface area contributed by atoms with Gasteiger partial charge in [0, 0.05) is 11.8 Å². The number of hydrogen-bond donors (Lipinski definition) is 1. The van der Waals surface area contributed by atoms with E-state index in [0.717, 1.165) is 11.1 Å². The maximum absolute atomic E-state index is 11.8. The zero-order valence-electron chi connectivity index (χ0n) is 13.7. The quantitative estimate of drug-likeness (QED) is 0.532. The Bertz CT molecular complexity index is 818. The lowest BCUT2D eigenvalue weighted by Crippen LogP contribution is -2.26. The number of hydrogen-bond acceptors (Lipinski definition) is 4. The van der Waals surface area contributed by atoms with Crippen LogP contribution in [0.1, 0.15) is 17.0 Å². The molecule has 5 nitrogen and oxygen atoms in total. The van der Waals surface area contributed by atoms with Crippen LogP contribution in [0.3, 0.4) is 0 Å². The van der Waals surface area contributed by atoms with Crippen LogP contribution in [0.15, 0.2) is 48.5 Å². The van der Waals surface area contributed by atoms with Crippen LogP contribution in [0.4, 0.5) is 4.79 Å². The third-order valence-corrected chi connectivity index (χ3v) is 4.04. The second kappa shape index (κ2) is 7.54. The summed E-state index contributed by atoms with van der Waals surface area (Å²) in [6.07, 6.45) is -0.568. The second-order valence-corrected chi connectivity index (χ2v) is 5.47. The molecule has 25 heavy (non-hydrogen) atoms. The lowest BCUT2D eigenvalue weighted by atomic mass is 9.98. The van der Waals surface area contributed by atoms with Gasteiger partial charge in [0.05, 0.1) is 13.7 Å². The third-order valence-electron chi connectivity index (χ3n) is 4.04. The zero-order valence-corrected chi connectivity index (χ0v) is 13.7. The van der Waals surface area contributed by atoms with Gasteiger partial charge in [-0.2, -0.15) is 0 Å². The van der Waals surface area contributed by atoms with Crippen LogP contribution in [0.25, 0.3) is 11.1 Å². The first-order valence-corrected chi connectivity index (χ1v) is 7.86. The Morgan fingerprint density at radius 2 is 1.64 bits per heavy atom. The number of benzene rings is 2. The van der Waals surface area contributed by atoms with Gasteiger partial charge in [-0.1, -0.05) is 54.5 Å². The first kappa shape index (κ1) is 16.6. The number of alkyl carbamates (subject to hydrolysis) is 1. The van der Waals surface area contributed by atoms with E-state index in [1.807, 2.05) is 24.3 Å². The van der Waals surface area contributed by atoms with E-state index >= 15 is 0 Å². The maximum Gasteiger partial charge on any atom is 0.407 e. The van der Waals surface area contributed by atoms with E-state index in [0.29, 0.717) is 0 Å². The molecule has 3 rings (SSSR count). The summed E-state index contributed by atoms with van der Waals surface area (Å²) in [6.45, 7) is 0.260. The molecule has 0 heterocycles. The number of methoxy groups -OCH3 is 1. The zero-order chi connectivity index (χ0) is 17.6. The first-order chi connectivity index (χ1) is 12.2. The van der Waals surface area contributed by atoms with Crippen molar-refractivity contribution in [2.24, 2.45) is 0 Å². The van der Waals surface area contributed by atoms with Crippen molar-refractivity contribution in [1.82, 2.24) is 5.32 Å². The summed E-state index contributed by atoms with van der Waals surface area (Å²) in [5.74, 6) is 4.09. The molecule has 0 atom stereocenters. The van der Waals surface area contributed by atoms with Gasteiger partial charge in [-0.3, -0.25) is 0 Å². The number of ether oxygens (including phenoxy) is 2. The lowest BCUT2D eigenvalue weighted by molar-refractivity contribution is -0.133. The Balaban J connectivity index is 1.62. The molecule has 2 aromatic rings. The monoisotopic (exact) mass is 335 g/mol. The molecule has 2 aromatic carbocycles. The Kier molecular flexibility index (Phi) is 5.00. The molecular weight excluding hydrogens is 318 g/mol. The molecule has 0 radical (unpaired) electrons. The van der Waals surface area contributed by atoms with Gasteiger partial charge in [0.2, 0.25) is 0 Å². The molecule has 0 saturated carbocycles. The van der Waals surface area contributed by atoms with Crippen molar-refractivity contribution in [2.75, 3.05) is 20.3 Å². The summed E-state index contributed by atoms with van der Waals surface area (Å²) in [5, 5.41) is 2.49. The van der Waals surface area contributed by atoms with E-state index < -0.39 is 12.1 Å². The van der Waals surface area contributed by atoms with Gasteiger partial charge >= 0.3 is 12.1 Å². The Morgan fingerprint density at radius 1 is 1.04 bits per heavy atom. The second-order valence-electron chi connectivity index (χ2n) is 5.47. The Hall–Kier alpha value is -3.26. The number of nitrogens with one attached hydrogen (secondary N) is 1. The van der Waals surface area contributed by atoms with Gasteiger partial charge in [0.15, 0.2) is 0 Å². The minimum Gasteiger partial charge on any atom is -0.459 e. The molecule has 0 aromatic heterocycles. The van der Waals surface area contributed by atoms with Crippen LogP contribution in [0, 0.1) is 11.8 Å². The highest BCUT2D eigenvalue weighted by atomic mass is 16.5.